The van der Waals surface area contributed by atoms with E-state index < -0.39 is 0 Å². The van der Waals surface area contributed by atoms with Gasteiger partial charge in [-0.2, -0.15) is 0 Å². The van der Waals surface area contributed by atoms with E-state index in [0.717, 1.165) is 5.56 Å². The van der Waals surface area contributed by atoms with Crippen molar-refractivity contribution in [3.05, 3.63) is 82.2 Å². The molecule has 0 bridgehead atoms. The van der Waals surface area contributed by atoms with Crippen LogP contribution in [0.3, 0.4) is 0 Å². The van der Waals surface area contributed by atoms with Gasteiger partial charge < -0.3 is 10.2 Å². The quantitative estimate of drug-likeness (QED) is 0.683. The number of hydrogen-bond donors (Lipinski definition) is 1. The van der Waals surface area contributed by atoms with Crippen molar-refractivity contribution in [2.45, 2.75) is 6.54 Å². The lowest BCUT2D eigenvalue weighted by atomic mass is 10.2. The van der Waals surface area contributed by atoms with Crippen LogP contribution in [-0.4, -0.2) is 27.8 Å². The van der Waals surface area contributed by atoms with Crippen LogP contribution >= 0.6 is 23.2 Å². The number of amides is 1. The second-order valence-electron chi connectivity index (χ2n) is 5.68. The summed E-state index contributed by atoms with van der Waals surface area (Å²) >= 11 is 12.0. The predicted octanol–water partition coefficient (Wildman–Crippen LogP) is 4.80. The first kappa shape index (κ1) is 18.2. The van der Waals surface area contributed by atoms with Crippen LogP contribution in [0.25, 0.3) is 0 Å². The number of halogens is 2. The zero-order chi connectivity index (χ0) is 18.5. The van der Waals surface area contributed by atoms with Crippen molar-refractivity contribution in [3.8, 4) is 0 Å². The van der Waals surface area contributed by atoms with Crippen molar-refractivity contribution < 1.29 is 4.79 Å². The summed E-state index contributed by atoms with van der Waals surface area (Å²) in [6.45, 7) is 0.502. The van der Waals surface area contributed by atoms with Crippen molar-refractivity contribution in [2.75, 3.05) is 12.4 Å². The highest BCUT2D eigenvalue weighted by atomic mass is 35.5. The fourth-order valence-electron chi connectivity index (χ4n) is 2.36. The van der Waals surface area contributed by atoms with Crippen LogP contribution in [0.4, 0.5) is 11.5 Å². The van der Waals surface area contributed by atoms with Gasteiger partial charge in [0.15, 0.2) is 0 Å². The number of nitrogens with one attached hydrogen (secondary N) is 1. The van der Waals surface area contributed by atoms with Gasteiger partial charge in [-0.05, 0) is 23.8 Å². The third kappa shape index (κ3) is 4.50. The second-order valence-corrected chi connectivity index (χ2v) is 6.53. The first-order valence-electron chi connectivity index (χ1n) is 7.86. The van der Waals surface area contributed by atoms with Gasteiger partial charge in [0, 0.05) is 18.6 Å². The Balaban J connectivity index is 1.67. The van der Waals surface area contributed by atoms with Gasteiger partial charge in [-0.25, -0.2) is 9.97 Å². The standard InChI is InChI=1S/C19H16Cl2N4O/c1-25(12-13-5-3-2-4-6-13)19(26)17-10-23-18(11-22-17)24-16-8-7-14(20)9-15(16)21/h2-11H,12H2,1H3,(H,23,24). The van der Waals surface area contributed by atoms with Gasteiger partial charge in [0.1, 0.15) is 11.5 Å². The Kier molecular flexibility index (Phi) is 5.71. The molecule has 0 atom stereocenters. The molecule has 7 heteroatoms. The Bertz CT molecular complexity index is 901. The number of anilines is 2. The van der Waals surface area contributed by atoms with Crippen LogP contribution in [-0.2, 0) is 6.54 Å². The third-order valence-corrected chi connectivity index (χ3v) is 4.22. The number of benzene rings is 2. The summed E-state index contributed by atoms with van der Waals surface area (Å²) in [7, 11) is 1.73. The molecule has 0 saturated heterocycles. The van der Waals surface area contributed by atoms with Gasteiger partial charge in [0.25, 0.3) is 5.91 Å². The van der Waals surface area contributed by atoms with Gasteiger partial charge in [0.2, 0.25) is 0 Å². The van der Waals surface area contributed by atoms with E-state index in [2.05, 4.69) is 15.3 Å². The van der Waals surface area contributed by atoms with E-state index in [0.29, 0.717) is 28.1 Å². The molecule has 132 valence electrons. The number of aromatic nitrogens is 2. The second kappa shape index (κ2) is 8.17. The molecule has 0 radical (unpaired) electrons. The van der Waals surface area contributed by atoms with E-state index in [9.17, 15) is 4.79 Å². The molecule has 0 unspecified atom stereocenters. The third-order valence-electron chi connectivity index (χ3n) is 3.67. The van der Waals surface area contributed by atoms with E-state index in [-0.39, 0.29) is 11.6 Å². The van der Waals surface area contributed by atoms with Crippen molar-refractivity contribution >= 4 is 40.6 Å². The highest BCUT2D eigenvalue weighted by Gasteiger charge is 2.14. The molecule has 0 spiro atoms. The molecule has 0 aliphatic heterocycles. The topological polar surface area (TPSA) is 58.1 Å². The number of rotatable bonds is 5. The minimum Gasteiger partial charge on any atom is -0.338 e. The molecule has 1 amide bonds. The van der Waals surface area contributed by atoms with E-state index in [1.54, 1.807) is 30.1 Å². The first-order chi connectivity index (χ1) is 12.5. The number of hydrogen-bond acceptors (Lipinski definition) is 4. The molecule has 0 saturated carbocycles. The molecule has 1 N–H and O–H groups in total. The zero-order valence-electron chi connectivity index (χ0n) is 14.0. The van der Waals surface area contributed by atoms with E-state index in [1.807, 2.05) is 30.3 Å². The number of nitrogens with zero attached hydrogens (tertiary/aromatic N) is 3. The Hall–Kier alpha value is -2.63. The average Bonchev–Trinajstić information content (AvgIpc) is 2.65. The van der Waals surface area contributed by atoms with Crippen molar-refractivity contribution in [3.63, 3.8) is 0 Å². The van der Waals surface area contributed by atoms with Gasteiger partial charge in [-0.3, -0.25) is 4.79 Å². The number of carbonyl (C=O) groups excluding carboxylic acids is 1. The molecule has 2 aromatic carbocycles. The Morgan fingerprint density at radius 2 is 1.85 bits per heavy atom. The predicted molar refractivity (Wildman–Crippen MR) is 104 cm³/mol. The lowest BCUT2D eigenvalue weighted by Crippen LogP contribution is -2.27. The summed E-state index contributed by atoms with van der Waals surface area (Å²) in [5.41, 5.74) is 1.98. The van der Waals surface area contributed by atoms with Crippen LogP contribution in [0.2, 0.25) is 10.0 Å². The maximum atomic E-state index is 12.5. The molecule has 0 aliphatic rings. The monoisotopic (exact) mass is 386 g/mol. The zero-order valence-corrected chi connectivity index (χ0v) is 15.5. The molecule has 26 heavy (non-hydrogen) atoms. The van der Waals surface area contributed by atoms with E-state index in [1.165, 1.54) is 12.4 Å². The van der Waals surface area contributed by atoms with Gasteiger partial charge in [-0.15, -0.1) is 0 Å². The van der Waals surface area contributed by atoms with Gasteiger partial charge in [0.05, 0.1) is 23.1 Å². The molecule has 1 aromatic heterocycles. The highest BCUT2D eigenvalue weighted by molar-refractivity contribution is 6.36. The molecule has 0 aliphatic carbocycles. The first-order valence-corrected chi connectivity index (χ1v) is 8.62. The maximum absolute atomic E-state index is 12.5. The largest absolute Gasteiger partial charge is 0.338 e. The van der Waals surface area contributed by atoms with Crippen LogP contribution in [0.5, 0.6) is 0 Å². The van der Waals surface area contributed by atoms with E-state index in [4.69, 9.17) is 23.2 Å². The van der Waals surface area contributed by atoms with Crippen LogP contribution in [0.1, 0.15) is 16.1 Å². The van der Waals surface area contributed by atoms with Gasteiger partial charge in [-0.1, -0.05) is 53.5 Å². The smallest absolute Gasteiger partial charge is 0.274 e. The molecule has 5 nitrogen and oxygen atoms in total. The minimum atomic E-state index is -0.197. The number of carbonyl (C=O) groups is 1. The average molecular weight is 387 g/mol. The van der Waals surface area contributed by atoms with Crippen LogP contribution < -0.4 is 5.32 Å². The summed E-state index contributed by atoms with van der Waals surface area (Å²) in [4.78, 5) is 22.5. The van der Waals surface area contributed by atoms with Crippen molar-refractivity contribution in [1.82, 2.24) is 14.9 Å². The normalized spacial score (nSPS) is 10.4. The summed E-state index contributed by atoms with van der Waals surface area (Å²) < 4.78 is 0. The summed E-state index contributed by atoms with van der Waals surface area (Å²) in [6.07, 6.45) is 2.94. The van der Waals surface area contributed by atoms with Crippen LogP contribution in [0, 0.1) is 0 Å². The SMILES string of the molecule is CN(Cc1ccccc1)C(=O)c1cnc(Nc2ccc(Cl)cc2Cl)cn1. The van der Waals surface area contributed by atoms with Gasteiger partial charge >= 0.3 is 0 Å². The minimum absolute atomic E-state index is 0.197. The molecule has 1 heterocycles. The molecular formula is C19H16Cl2N4O. The molecule has 3 rings (SSSR count). The summed E-state index contributed by atoms with van der Waals surface area (Å²) in [6, 6.07) is 14.9. The highest BCUT2D eigenvalue weighted by Crippen LogP contribution is 2.27. The lowest BCUT2D eigenvalue weighted by molar-refractivity contribution is 0.0779. The van der Waals surface area contributed by atoms with Crippen LogP contribution in [0.15, 0.2) is 60.9 Å². The Morgan fingerprint density at radius 1 is 1.08 bits per heavy atom. The van der Waals surface area contributed by atoms with Crippen molar-refractivity contribution in [1.29, 1.82) is 0 Å². The molecule has 0 fully saturated rings. The Labute approximate surface area is 161 Å². The summed E-state index contributed by atoms with van der Waals surface area (Å²) in [5.74, 6) is 0.286. The molecular weight excluding hydrogens is 371 g/mol. The maximum Gasteiger partial charge on any atom is 0.274 e. The van der Waals surface area contributed by atoms with E-state index >= 15 is 0 Å². The lowest BCUT2D eigenvalue weighted by Gasteiger charge is -2.16. The fraction of sp³-hybridized carbons (Fsp3) is 0.105. The Morgan fingerprint density at radius 3 is 2.50 bits per heavy atom. The molecule has 3 aromatic rings. The fourth-order valence-corrected chi connectivity index (χ4v) is 2.81. The summed E-state index contributed by atoms with van der Waals surface area (Å²) in [5, 5.41) is 4.07. The van der Waals surface area contributed by atoms with Crippen molar-refractivity contribution in [2.24, 2.45) is 0 Å².